The summed E-state index contributed by atoms with van der Waals surface area (Å²) in [5, 5.41) is 15.0. The van der Waals surface area contributed by atoms with Crippen LogP contribution in [-0.2, 0) is 7.05 Å². The van der Waals surface area contributed by atoms with Crippen molar-refractivity contribution in [2.45, 2.75) is 13.8 Å². The van der Waals surface area contributed by atoms with E-state index in [0.29, 0.717) is 11.3 Å². The Morgan fingerprint density at radius 1 is 1.50 bits per heavy atom. The number of nitrogens with one attached hydrogen (secondary N) is 1. The average molecular weight is 225 g/mol. The lowest BCUT2D eigenvalue weighted by molar-refractivity contribution is 0.0941. The molecule has 6 heteroatoms. The molecule has 16 heavy (non-hydrogen) atoms. The summed E-state index contributed by atoms with van der Waals surface area (Å²) in [4.78, 5) is 23.4. The van der Waals surface area contributed by atoms with Crippen LogP contribution in [0.3, 0.4) is 0 Å². The second-order valence-corrected chi connectivity index (χ2v) is 3.49. The maximum atomic E-state index is 11.7. The standard InChI is InChI=1S/C10H15N3O3/c1-6-7(2)12-13(3)10(16)8(6)9(15)11-4-5-14/h14H,4-5H2,1-3H3,(H,11,15). The fraction of sp³-hybridized carbons (Fsp3) is 0.500. The summed E-state index contributed by atoms with van der Waals surface area (Å²) in [5.41, 5.74) is 0.858. The van der Waals surface area contributed by atoms with Gasteiger partial charge in [-0.05, 0) is 19.4 Å². The smallest absolute Gasteiger partial charge is 0.279 e. The van der Waals surface area contributed by atoms with Crippen molar-refractivity contribution in [1.29, 1.82) is 0 Å². The normalized spacial score (nSPS) is 10.2. The number of nitrogens with zero attached hydrogens (tertiary/aromatic N) is 2. The molecule has 0 aliphatic heterocycles. The zero-order valence-electron chi connectivity index (χ0n) is 9.57. The lowest BCUT2D eigenvalue weighted by Crippen LogP contribution is -2.36. The summed E-state index contributed by atoms with van der Waals surface area (Å²) >= 11 is 0. The van der Waals surface area contributed by atoms with Crippen LogP contribution in [0.15, 0.2) is 4.79 Å². The predicted molar refractivity (Wildman–Crippen MR) is 58.4 cm³/mol. The molecule has 6 nitrogen and oxygen atoms in total. The highest BCUT2D eigenvalue weighted by molar-refractivity contribution is 5.95. The first-order valence-electron chi connectivity index (χ1n) is 4.92. The zero-order chi connectivity index (χ0) is 12.3. The molecular weight excluding hydrogens is 210 g/mol. The van der Waals surface area contributed by atoms with Gasteiger partial charge in [-0.2, -0.15) is 5.10 Å². The number of aliphatic hydroxyl groups excluding tert-OH is 1. The third-order valence-electron chi connectivity index (χ3n) is 2.35. The molecule has 0 unspecified atom stereocenters. The Hall–Kier alpha value is -1.69. The van der Waals surface area contributed by atoms with Crippen LogP contribution in [0.1, 0.15) is 21.6 Å². The van der Waals surface area contributed by atoms with E-state index in [9.17, 15) is 9.59 Å². The third kappa shape index (κ3) is 2.27. The van der Waals surface area contributed by atoms with E-state index in [1.165, 1.54) is 7.05 Å². The van der Waals surface area contributed by atoms with Gasteiger partial charge in [-0.15, -0.1) is 0 Å². The largest absolute Gasteiger partial charge is 0.395 e. The van der Waals surface area contributed by atoms with Crippen molar-refractivity contribution in [2.24, 2.45) is 7.05 Å². The highest BCUT2D eigenvalue weighted by Crippen LogP contribution is 2.05. The Bertz CT molecular complexity index is 465. The molecule has 1 amide bonds. The van der Waals surface area contributed by atoms with Crippen LogP contribution in [0, 0.1) is 13.8 Å². The summed E-state index contributed by atoms with van der Waals surface area (Å²) in [6, 6.07) is 0. The third-order valence-corrected chi connectivity index (χ3v) is 2.35. The lowest BCUT2D eigenvalue weighted by atomic mass is 10.1. The molecular formula is C10H15N3O3. The first kappa shape index (κ1) is 12.4. The Morgan fingerprint density at radius 2 is 2.12 bits per heavy atom. The number of hydrogen-bond donors (Lipinski definition) is 2. The summed E-state index contributed by atoms with van der Waals surface area (Å²) in [6.45, 7) is 3.38. The summed E-state index contributed by atoms with van der Waals surface area (Å²) in [5.74, 6) is -0.474. The average Bonchev–Trinajstić information content (AvgIpc) is 2.24. The van der Waals surface area contributed by atoms with Crippen molar-refractivity contribution in [3.8, 4) is 0 Å². The highest BCUT2D eigenvalue weighted by Gasteiger charge is 2.16. The van der Waals surface area contributed by atoms with Crippen molar-refractivity contribution in [3.05, 3.63) is 27.2 Å². The molecule has 0 aliphatic rings. The van der Waals surface area contributed by atoms with Crippen molar-refractivity contribution < 1.29 is 9.90 Å². The van der Waals surface area contributed by atoms with Gasteiger partial charge in [0.15, 0.2) is 0 Å². The van der Waals surface area contributed by atoms with Crippen LogP contribution < -0.4 is 10.9 Å². The number of aryl methyl sites for hydroxylation is 2. The molecule has 0 fully saturated rings. The van der Waals surface area contributed by atoms with Crippen LogP contribution in [0.25, 0.3) is 0 Å². The summed E-state index contributed by atoms with van der Waals surface area (Å²) < 4.78 is 1.14. The molecule has 2 N–H and O–H groups in total. The minimum absolute atomic E-state index is 0.0865. The fourth-order valence-corrected chi connectivity index (χ4v) is 1.37. The molecule has 0 spiro atoms. The quantitative estimate of drug-likeness (QED) is 0.699. The molecule has 1 heterocycles. The summed E-state index contributed by atoms with van der Waals surface area (Å²) in [6.07, 6.45) is 0. The van der Waals surface area contributed by atoms with E-state index in [1.807, 2.05) is 0 Å². The van der Waals surface area contributed by atoms with Gasteiger partial charge < -0.3 is 10.4 Å². The number of hydrogen-bond acceptors (Lipinski definition) is 4. The number of carbonyl (C=O) groups excluding carboxylic acids is 1. The van der Waals surface area contributed by atoms with E-state index in [4.69, 9.17) is 5.11 Å². The van der Waals surface area contributed by atoms with Crippen molar-refractivity contribution in [3.63, 3.8) is 0 Å². The van der Waals surface area contributed by atoms with Crippen LogP contribution in [0.2, 0.25) is 0 Å². The molecule has 0 radical (unpaired) electrons. The zero-order valence-corrected chi connectivity index (χ0v) is 9.57. The van der Waals surface area contributed by atoms with E-state index in [2.05, 4.69) is 10.4 Å². The second kappa shape index (κ2) is 4.89. The first-order valence-corrected chi connectivity index (χ1v) is 4.92. The van der Waals surface area contributed by atoms with Crippen molar-refractivity contribution in [2.75, 3.05) is 13.2 Å². The SMILES string of the molecule is Cc1nn(C)c(=O)c(C(=O)NCCO)c1C. The molecule has 0 aromatic carbocycles. The van der Waals surface area contributed by atoms with Crippen LogP contribution in [0.5, 0.6) is 0 Å². The monoisotopic (exact) mass is 225 g/mol. The predicted octanol–water partition coefficient (Wildman–Crippen LogP) is -0.881. The van der Waals surface area contributed by atoms with Gasteiger partial charge in [-0.3, -0.25) is 9.59 Å². The summed E-state index contributed by atoms with van der Waals surface area (Å²) in [7, 11) is 1.50. The second-order valence-electron chi connectivity index (χ2n) is 3.49. The van der Waals surface area contributed by atoms with Gasteiger partial charge in [0.05, 0.1) is 12.3 Å². The molecule has 1 rings (SSSR count). The van der Waals surface area contributed by atoms with Gasteiger partial charge in [0, 0.05) is 13.6 Å². The molecule has 0 bridgehead atoms. The van der Waals surface area contributed by atoms with Gasteiger partial charge in [-0.1, -0.05) is 0 Å². The van der Waals surface area contributed by atoms with Crippen LogP contribution >= 0.6 is 0 Å². The minimum Gasteiger partial charge on any atom is -0.395 e. The Morgan fingerprint density at radius 3 is 2.69 bits per heavy atom. The minimum atomic E-state index is -0.474. The van der Waals surface area contributed by atoms with E-state index < -0.39 is 11.5 Å². The van der Waals surface area contributed by atoms with E-state index in [-0.39, 0.29) is 18.7 Å². The maximum Gasteiger partial charge on any atom is 0.279 e. The molecule has 0 saturated heterocycles. The molecule has 0 atom stereocenters. The van der Waals surface area contributed by atoms with E-state index >= 15 is 0 Å². The molecule has 0 saturated carbocycles. The highest BCUT2D eigenvalue weighted by atomic mass is 16.3. The Labute approximate surface area is 92.9 Å². The number of amides is 1. The Balaban J connectivity index is 3.22. The van der Waals surface area contributed by atoms with Crippen LogP contribution in [0.4, 0.5) is 0 Å². The maximum absolute atomic E-state index is 11.7. The number of rotatable bonds is 3. The molecule has 88 valence electrons. The van der Waals surface area contributed by atoms with Gasteiger partial charge in [0.2, 0.25) is 0 Å². The van der Waals surface area contributed by atoms with E-state index in [1.54, 1.807) is 13.8 Å². The van der Waals surface area contributed by atoms with E-state index in [0.717, 1.165) is 4.68 Å². The van der Waals surface area contributed by atoms with Gasteiger partial charge in [0.25, 0.3) is 11.5 Å². The molecule has 0 aliphatic carbocycles. The van der Waals surface area contributed by atoms with Gasteiger partial charge in [0.1, 0.15) is 5.56 Å². The Kier molecular flexibility index (Phi) is 3.78. The number of aromatic nitrogens is 2. The first-order chi connectivity index (χ1) is 7.49. The number of aliphatic hydroxyl groups is 1. The van der Waals surface area contributed by atoms with Gasteiger partial charge >= 0.3 is 0 Å². The number of carbonyl (C=O) groups is 1. The fourth-order valence-electron chi connectivity index (χ4n) is 1.37. The van der Waals surface area contributed by atoms with Crippen molar-refractivity contribution >= 4 is 5.91 Å². The van der Waals surface area contributed by atoms with Gasteiger partial charge in [-0.25, -0.2) is 4.68 Å². The molecule has 1 aromatic heterocycles. The lowest BCUT2D eigenvalue weighted by Gasteiger charge is -2.09. The molecule has 1 aromatic rings. The van der Waals surface area contributed by atoms with Crippen LogP contribution in [-0.4, -0.2) is 33.9 Å². The van der Waals surface area contributed by atoms with Crippen molar-refractivity contribution in [1.82, 2.24) is 15.1 Å². The topological polar surface area (TPSA) is 84.2 Å².